The highest BCUT2D eigenvalue weighted by Crippen LogP contribution is 2.33. The lowest BCUT2D eigenvalue weighted by atomic mass is 10.2. The minimum atomic E-state index is 0.559. The third kappa shape index (κ3) is 4.02. The maximum atomic E-state index is 4.81. The number of benzene rings is 2. The molecule has 2 aromatic carbocycles. The number of nitrogens with one attached hydrogen (secondary N) is 1. The zero-order chi connectivity index (χ0) is 21.1. The van der Waals surface area contributed by atoms with Gasteiger partial charge in [-0.05, 0) is 55.6 Å². The van der Waals surface area contributed by atoms with Crippen LogP contribution in [0.25, 0.3) is 16.9 Å². The van der Waals surface area contributed by atoms with E-state index in [1.807, 2.05) is 61.4 Å². The molecular weight excluding hydrogens is 392 g/mol. The molecule has 0 fully saturated rings. The molecule has 1 N–H and O–H groups in total. The molecule has 0 aliphatic rings. The Hall–Kier alpha value is -3.32. The van der Waals surface area contributed by atoms with E-state index in [0.717, 1.165) is 39.0 Å². The van der Waals surface area contributed by atoms with E-state index < -0.39 is 0 Å². The van der Waals surface area contributed by atoms with Gasteiger partial charge < -0.3 is 10.2 Å². The van der Waals surface area contributed by atoms with Gasteiger partial charge in [0.05, 0.1) is 22.6 Å². The van der Waals surface area contributed by atoms with Crippen molar-refractivity contribution in [3.63, 3.8) is 0 Å². The van der Waals surface area contributed by atoms with Crippen LogP contribution in [0.15, 0.2) is 71.9 Å². The summed E-state index contributed by atoms with van der Waals surface area (Å²) >= 11 is 1.62. The molecule has 2 heterocycles. The van der Waals surface area contributed by atoms with Crippen molar-refractivity contribution in [2.75, 3.05) is 30.6 Å². The Balaban J connectivity index is 1.68. The molecule has 2 aromatic heterocycles. The van der Waals surface area contributed by atoms with E-state index in [2.05, 4.69) is 46.4 Å². The van der Waals surface area contributed by atoms with Gasteiger partial charge in [0.25, 0.3) is 0 Å². The van der Waals surface area contributed by atoms with Gasteiger partial charge in [0.2, 0.25) is 5.95 Å². The Bertz CT molecular complexity index is 1140. The number of hydrogen-bond acceptors (Lipinski definition) is 6. The van der Waals surface area contributed by atoms with Crippen molar-refractivity contribution in [3.05, 3.63) is 72.6 Å². The molecule has 152 valence electrons. The molecule has 0 amide bonds. The fourth-order valence-corrected chi connectivity index (χ4v) is 3.88. The molecule has 6 nitrogen and oxygen atoms in total. The third-order valence-electron chi connectivity index (χ3n) is 4.83. The quantitative estimate of drug-likeness (QED) is 0.438. The molecule has 30 heavy (non-hydrogen) atoms. The van der Waals surface area contributed by atoms with E-state index in [-0.39, 0.29) is 0 Å². The largest absolute Gasteiger partial charge is 0.378 e. The van der Waals surface area contributed by atoms with E-state index in [1.165, 1.54) is 0 Å². The number of hydrogen-bond donors (Lipinski definition) is 1. The van der Waals surface area contributed by atoms with Gasteiger partial charge in [-0.3, -0.25) is 0 Å². The van der Waals surface area contributed by atoms with Gasteiger partial charge in [-0.1, -0.05) is 18.2 Å². The van der Waals surface area contributed by atoms with Gasteiger partial charge in [-0.15, -0.1) is 11.8 Å². The molecule has 7 heteroatoms. The summed E-state index contributed by atoms with van der Waals surface area (Å²) in [6, 6.07) is 20.3. The second-order valence-corrected chi connectivity index (χ2v) is 7.84. The second kappa shape index (κ2) is 8.59. The first kappa shape index (κ1) is 20.0. The fourth-order valence-electron chi connectivity index (χ4n) is 3.27. The Morgan fingerprint density at radius 2 is 1.70 bits per heavy atom. The third-order valence-corrected chi connectivity index (χ3v) is 5.50. The summed E-state index contributed by atoms with van der Waals surface area (Å²) in [5.41, 5.74) is 6.04. The molecule has 0 bridgehead atoms. The van der Waals surface area contributed by atoms with Crippen LogP contribution in [0, 0.1) is 6.92 Å². The van der Waals surface area contributed by atoms with Crippen LogP contribution < -0.4 is 10.2 Å². The Kier molecular flexibility index (Phi) is 5.72. The first-order valence-electron chi connectivity index (χ1n) is 9.63. The van der Waals surface area contributed by atoms with Gasteiger partial charge in [-0.2, -0.15) is 5.10 Å². The van der Waals surface area contributed by atoms with Crippen molar-refractivity contribution < 1.29 is 0 Å². The maximum absolute atomic E-state index is 4.81. The molecule has 0 atom stereocenters. The van der Waals surface area contributed by atoms with Crippen LogP contribution in [-0.4, -0.2) is 40.1 Å². The minimum absolute atomic E-state index is 0.559. The Labute approximate surface area is 181 Å². The number of rotatable bonds is 6. The summed E-state index contributed by atoms with van der Waals surface area (Å²) < 4.78 is 1.97. The van der Waals surface area contributed by atoms with Crippen LogP contribution >= 0.6 is 11.8 Å². The van der Waals surface area contributed by atoms with E-state index >= 15 is 0 Å². The first-order valence-corrected chi connectivity index (χ1v) is 10.9. The average molecular weight is 417 g/mol. The summed E-state index contributed by atoms with van der Waals surface area (Å²) in [4.78, 5) is 11.2. The van der Waals surface area contributed by atoms with E-state index in [4.69, 9.17) is 10.1 Å². The van der Waals surface area contributed by atoms with Gasteiger partial charge in [0, 0.05) is 31.7 Å². The highest BCUT2D eigenvalue weighted by molar-refractivity contribution is 7.98. The monoisotopic (exact) mass is 416 g/mol. The van der Waals surface area contributed by atoms with Crippen molar-refractivity contribution in [1.29, 1.82) is 0 Å². The highest BCUT2D eigenvalue weighted by Gasteiger charge is 2.18. The Morgan fingerprint density at radius 1 is 0.967 bits per heavy atom. The molecule has 0 radical (unpaired) electrons. The SMILES string of the molecule is CSc1nn(-c2ccccc2)c(C)c1-c1ccnc(Nc2ccc(N(C)C)cc2)n1. The summed E-state index contributed by atoms with van der Waals surface area (Å²) in [5, 5.41) is 9.05. The molecule has 4 aromatic rings. The number of anilines is 3. The highest BCUT2D eigenvalue weighted by atomic mass is 32.2. The van der Waals surface area contributed by atoms with E-state index in [9.17, 15) is 0 Å². The van der Waals surface area contributed by atoms with Crippen LogP contribution in [-0.2, 0) is 0 Å². The lowest BCUT2D eigenvalue weighted by Crippen LogP contribution is -2.08. The molecule has 0 unspecified atom stereocenters. The van der Waals surface area contributed by atoms with Crippen LogP contribution in [0.3, 0.4) is 0 Å². The molecule has 0 saturated heterocycles. The van der Waals surface area contributed by atoms with Crippen LogP contribution in [0.2, 0.25) is 0 Å². The van der Waals surface area contributed by atoms with Crippen molar-refractivity contribution in [1.82, 2.24) is 19.7 Å². The normalized spacial score (nSPS) is 10.8. The number of aromatic nitrogens is 4. The van der Waals surface area contributed by atoms with E-state index in [1.54, 1.807) is 18.0 Å². The van der Waals surface area contributed by atoms with Crippen molar-refractivity contribution in [2.45, 2.75) is 11.9 Å². The fraction of sp³-hybridized carbons (Fsp3) is 0.174. The topological polar surface area (TPSA) is 58.9 Å². The molecule has 0 aliphatic carbocycles. The zero-order valence-electron chi connectivity index (χ0n) is 17.5. The average Bonchev–Trinajstić information content (AvgIpc) is 3.11. The first-order chi connectivity index (χ1) is 14.6. The van der Waals surface area contributed by atoms with Crippen LogP contribution in [0.1, 0.15) is 5.69 Å². The van der Waals surface area contributed by atoms with E-state index in [0.29, 0.717) is 5.95 Å². The smallest absolute Gasteiger partial charge is 0.227 e. The zero-order valence-corrected chi connectivity index (χ0v) is 18.3. The number of nitrogens with zero attached hydrogens (tertiary/aromatic N) is 5. The summed E-state index contributed by atoms with van der Waals surface area (Å²) in [5.74, 6) is 0.559. The predicted octanol–water partition coefficient (Wildman–Crippen LogP) is 5.17. The van der Waals surface area contributed by atoms with Crippen molar-refractivity contribution in [3.8, 4) is 16.9 Å². The second-order valence-electron chi connectivity index (χ2n) is 7.05. The lowest BCUT2D eigenvalue weighted by Gasteiger charge is -2.13. The number of thioether (sulfide) groups is 1. The Morgan fingerprint density at radius 3 is 2.37 bits per heavy atom. The van der Waals surface area contributed by atoms with Gasteiger partial charge in [-0.25, -0.2) is 14.6 Å². The van der Waals surface area contributed by atoms with Crippen LogP contribution in [0.4, 0.5) is 17.3 Å². The molecule has 4 rings (SSSR count). The summed E-state index contributed by atoms with van der Waals surface area (Å²) in [6.07, 6.45) is 3.82. The summed E-state index contributed by atoms with van der Waals surface area (Å²) in [6.45, 7) is 2.07. The standard InChI is InChI=1S/C23H24N6S/c1-16-21(22(30-4)27-29(16)19-8-6-5-7-9-19)20-14-15-24-23(26-20)25-17-10-12-18(13-11-17)28(2)3/h5-15H,1-4H3,(H,24,25,26). The number of para-hydroxylation sites is 1. The summed E-state index contributed by atoms with van der Waals surface area (Å²) in [7, 11) is 4.05. The van der Waals surface area contributed by atoms with Crippen LogP contribution in [0.5, 0.6) is 0 Å². The van der Waals surface area contributed by atoms with Crippen molar-refractivity contribution >= 4 is 29.1 Å². The minimum Gasteiger partial charge on any atom is -0.378 e. The van der Waals surface area contributed by atoms with Gasteiger partial charge in [0.1, 0.15) is 5.03 Å². The lowest BCUT2D eigenvalue weighted by molar-refractivity contribution is 0.814. The predicted molar refractivity (Wildman–Crippen MR) is 125 cm³/mol. The maximum Gasteiger partial charge on any atom is 0.227 e. The van der Waals surface area contributed by atoms with Crippen molar-refractivity contribution in [2.24, 2.45) is 0 Å². The molecule has 0 spiro atoms. The molecular formula is C23H24N6S. The molecule has 0 aliphatic heterocycles. The van der Waals surface area contributed by atoms with Gasteiger partial charge >= 0.3 is 0 Å². The molecule has 0 saturated carbocycles. The van der Waals surface area contributed by atoms with Gasteiger partial charge in [0.15, 0.2) is 0 Å².